The summed E-state index contributed by atoms with van der Waals surface area (Å²) in [6.07, 6.45) is 1.53. The van der Waals surface area contributed by atoms with Gasteiger partial charge in [-0.05, 0) is 30.9 Å². The summed E-state index contributed by atoms with van der Waals surface area (Å²) in [5.74, 6) is 1.25. The van der Waals surface area contributed by atoms with E-state index in [4.69, 9.17) is 11.1 Å². The van der Waals surface area contributed by atoms with Crippen molar-refractivity contribution in [3.05, 3.63) is 35.9 Å². The molecule has 0 unspecified atom stereocenters. The molecule has 5 nitrogen and oxygen atoms in total. The highest BCUT2D eigenvalue weighted by atomic mass is 16.3. The quantitative estimate of drug-likeness (QED) is 0.589. The van der Waals surface area contributed by atoms with E-state index in [-0.39, 0.29) is 11.9 Å². The molecule has 1 heterocycles. The summed E-state index contributed by atoms with van der Waals surface area (Å²) < 4.78 is 0. The zero-order chi connectivity index (χ0) is 15.0. The molecule has 1 aromatic heterocycles. The monoisotopic (exact) mass is 284 g/mol. The molecule has 0 bridgehead atoms. The third kappa shape index (κ3) is 2.69. The van der Waals surface area contributed by atoms with E-state index in [2.05, 4.69) is 4.98 Å². The highest BCUT2D eigenvalue weighted by molar-refractivity contribution is 6.02. The summed E-state index contributed by atoms with van der Waals surface area (Å²) in [5.41, 5.74) is 7.28. The molecule has 110 valence electrons. The molecule has 3 rings (SSSR count). The van der Waals surface area contributed by atoms with Crippen LogP contribution in [0.2, 0.25) is 0 Å². The Balaban J connectivity index is 1.94. The van der Waals surface area contributed by atoms with Gasteiger partial charge >= 0.3 is 0 Å². The third-order valence-corrected chi connectivity index (χ3v) is 4.10. The summed E-state index contributed by atoms with van der Waals surface area (Å²) in [5, 5.41) is 18.2. The maximum absolute atomic E-state index is 9.40. The van der Waals surface area contributed by atoms with Crippen LogP contribution in [-0.2, 0) is 0 Å². The van der Waals surface area contributed by atoms with Gasteiger partial charge in [0, 0.05) is 19.0 Å². The van der Waals surface area contributed by atoms with E-state index in [1.807, 2.05) is 42.3 Å². The second-order valence-electron chi connectivity index (χ2n) is 5.84. The first-order chi connectivity index (χ1) is 10.0. The van der Waals surface area contributed by atoms with Crippen molar-refractivity contribution >= 4 is 22.6 Å². The third-order valence-electron chi connectivity index (χ3n) is 4.10. The number of nitrogens with two attached hydrogens (primary N) is 1. The topological polar surface area (TPSA) is 86.2 Å². The summed E-state index contributed by atoms with van der Waals surface area (Å²) in [6.45, 7) is 0.822. The van der Waals surface area contributed by atoms with Gasteiger partial charge in [0.05, 0.1) is 17.2 Å². The van der Waals surface area contributed by atoms with Gasteiger partial charge in [0.15, 0.2) is 0 Å². The molecule has 1 aromatic carbocycles. The van der Waals surface area contributed by atoms with Gasteiger partial charge in [0.2, 0.25) is 0 Å². The second kappa shape index (κ2) is 5.33. The molecule has 4 N–H and O–H groups in total. The van der Waals surface area contributed by atoms with Crippen LogP contribution in [0.4, 0.5) is 5.82 Å². The molecular formula is C16H20N4O. The second-order valence-corrected chi connectivity index (χ2v) is 5.84. The summed E-state index contributed by atoms with van der Waals surface area (Å²) in [6, 6.07) is 9.76. The van der Waals surface area contributed by atoms with E-state index < -0.39 is 0 Å². The fourth-order valence-corrected chi connectivity index (χ4v) is 2.92. The van der Waals surface area contributed by atoms with Crippen LogP contribution >= 0.6 is 0 Å². The molecule has 0 saturated heterocycles. The highest BCUT2D eigenvalue weighted by Gasteiger charge is 2.29. The minimum absolute atomic E-state index is 0.0312. The van der Waals surface area contributed by atoms with Crippen molar-refractivity contribution in [3.63, 3.8) is 0 Å². The van der Waals surface area contributed by atoms with Crippen molar-refractivity contribution < 1.29 is 5.11 Å². The molecule has 0 amide bonds. The van der Waals surface area contributed by atoms with E-state index in [0.717, 1.165) is 36.1 Å². The van der Waals surface area contributed by atoms with Gasteiger partial charge in [-0.2, -0.15) is 0 Å². The Bertz CT molecular complexity index is 679. The minimum atomic E-state index is -0.153. The zero-order valence-corrected chi connectivity index (χ0v) is 12.1. The summed E-state index contributed by atoms with van der Waals surface area (Å²) >= 11 is 0. The molecule has 1 saturated carbocycles. The van der Waals surface area contributed by atoms with Crippen molar-refractivity contribution in [3.8, 4) is 0 Å². The first-order valence-corrected chi connectivity index (χ1v) is 7.18. The van der Waals surface area contributed by atoms with E-state index in [1.54, 1.807) is 0 Å². The van der Waals surface area contributed by atoms with Gasteiger partial charge in [0.25, 0.3) is 0 Å². The summed E-state index contributed by atoms with van der Waals surface area (Å²) in [7, 11) is 1.97. The molecule has 0 aliphatic heterocycles. The predicted molar refractivity (Wildman–Crippen MR) is 84.8 cm³/mol. The Hall–Kier alpha value is -2.14. The van der Waals surface area contributed by atoms with Crippen molar-refractivity contribution in [2.24, 2.45) is 11.7 Å². The number of benzene rings is 1. The van der Waals surface area contributed by atoms with Crippen LogP contribution in [0, 0.1) is 11.3 Å². The van der Waals surface area contributed by atoms with Gasteiger partial charge < -0.3 is 15.7 Å². The number of fused-ring (bicyclic) bond motifs is 1. The number of amidine groups is 1. The van der Waals surface area contributed by atoms with Crippen LogP contribution in [0.25, 0.3) is 10.9 Å². The molecule has 1 aliphatic carbocycles. The number of nitrogen functional groups attached to an aromatic ring is 1. The minimum Gasteiger partial charge on any atom is -0.393 e. The van der Waals surface area contributed by atoms with Crippen LogP contribution in [0.5, 0.6) is 0 Å². The van der Waals surface area contributed by atoms with Crippen LogP contribution in [0.15, 0.2) is 30.3 Å². The Morgan fingerprint density at radius 2 is 2.14 bits per heavy atom. The molecule has 0 atom stereocenters. The Labute approximate surface area is 123 Å². The number of nitrogens with one attached hydrogen (secondary N) is 1. The van der Waals surface area contributed by atoms with Gasteiger partial charge in [0.1, 0.15) is 11.7 Å². The largest absolute Gasteiger partial charge is 0.393 e. The van der Waals surface area contributed by atoms with Gasteiger partial charge in [-0.25, -0.2) is 4.98 Å². The molecular weight excluding hydrogens is 264 g/mol. The average molecular weight is 284 g/mol. The molecule has 0 spiro atoms. The number of rotatable bonds is 4. The van der Waals surface area contributed by atoms with Gasteiger partial charge in [-0.1, -0.05) is 18.2 Å². The molecule has 1 fully saturated rings. The SMILES string of the molecule is CN(CC1CC(O)C1)c1nc2ccccc2cc1C(=N)N. The maximum Gasteiger partial charge on any atom is 0.140 e. The average Bonchev–Trinajstić information content (AvgIpc) is 2.44. The van der Waals surface area contributed by atoms with Crippen molar-refractivity contribution in [2.75, 3.05) is 18.5 Å². The van der Waals surface area contributed by atoms with Crippen molar-refractivity contribution in [2.45, 2.75) is 18.9 Å². The lowest BCUT2D eigenvalue weighted by atomic mass is 9.82. The lowest BCUT2D eigenvalue weighted by Crippen LogP contribution is -2.38. The number of para-hydroxylation sites is 1. The Morgan fingerprint density at radius 3 is 2.81 bits per heavy atom. The zero-order valence-electron chi connectivity index (χ0n) is 12.1. The molecule has 5 heteroatoms. The molecule has 21 heavy (non-hydrogen) atoms. The maximum atomic E-state index is 9.40. The number of aliphatic hydroxyl groups is 1. The van der Waals surface area contributed by atoms with Crippen LogP contribution < -0.4 is 10.6 Å². The Kier molecular flexibility index (Phi) is 3.51. The predicted octanol–water partition coefficient (Wildman–Crippen LogP) is 1.73. The fourth-order valence-electron chi connectivity index (χ4n) is 2.92. The normalized spacial score (nSPS) is 21.0. The van der Waals surface area contributed by atoms with Gasteiger partial charge in [-0.15, -0.1) is 0 Å². The van der Waals surface area contributed by atoms with E-state index in [1.165, 1.54) is 0 Å². The fraction of sp³-hybridized carbons (Fsp3) is 0.375. The smallest absolute Gasteiger partial charge is 0.140 e. The standard InChI is InChI=1S/C16H20N4O/c1-20(9-10-6-12(21)7-10)16-13(15(17)18)8-11-4-2-3-5-14(11)19-16/h2-5,8,10,12,21H,6-7,9H2,1H3,(H3,17,18). The molecule has 2 aromatic rings. The van der Waals surface area contributed by atoms with Gasteiger partial charge in [-0.3, -0.25) is 5.41 Å². The number of aliphatic hydroxyl groups excluding tert-OH is 1. The van der Waals surface area contributed by atoms with Crippen molar-refractivity contribution in [1.29, 1.82) is 5.41 Å². The first kappa shape index (κ1) is 13.8. The van der Waals surface area contributed by atoms with Crippen LogP contribution in [0.1, 0.15) is 18.4 Å². The number of nitrogens with zero attached hydrogens (tertiary/aromatic N) is 2. The number of aromatic nitrogens is 1. The molecule has 1 aliphatic rings. The number of anilines is 1. The van der Waals surface area contributed by atoms with Crippen molar-refractivity contribution in [1.82, 2.24) is 4.98 Å². The van der Waals surface area contributed by atoms with Crippen LogP contribution in [-0.4, -0.2) is 35.6 Å². The van der Waals surface area contributed by atoms with E-state index >= 15 is 0 Å². The van der Waals surface area contributed by atoms with E-state index in [9.17, 15) is 5.11 Å². The lowest BCUT2D eigenvalue weighted by Gasteiger charge is -2.35. The Morgan fingerprint density at radius 1 is 1.43 bits per heavy atom. The highest BCUT2D eigenvalue weighted by Crippen LogP contribution is 2.30. The number of pyridine rings is 1. The molecule has 0 radical (unpaired) electrons. The van der Waals surface area contributed by atoms with Crippen LogP contribution in [0.3, 0.4) is 0 Å². The van der Waals surface area contributed by atoms with E-state index in [0.29, 0.717) is 11.5 Å². The lowest BCUT2D eigenvalue weighted by molar-refractivity contribution is 0.0464. The summed E-state index contributed by atoms with van der Waals surface area (Å²) in [4.78, 5) is 6.71. The number of hydrogen-bond acceptors (Lipinski definition) is 4. The number of hydrogen-bond donors (Lipinski definition) is 3. The first-order valence-electron chi connectivity index (χ1n) is 7.18.